The molecular formula is C20H22N4O4. The van der Waals surface area contributed by atoms with Gasteiger partial charge in [-0.1, -0.05) is 0 Å². The first kappa shape index (κ1) is 19.2. The van der Waals surface area contributed by atoms with Gasteiger partial charge in [0, 0.05) is 30.6 Å². The van der Waals surface area contributed by atoms with E-state index in [-0.39, 0.29) is 12.5 Å². The first-order chi connectivity index (χ1) is 13.6. The van der Waals surface area contributed by atoms with E-state index in [1.807, 2.05) is 25.2 Å². The highest BCUT2D eigenvalue weighted by atomic mass is 16.5. The van der Waals surface area contributed by atoms with Gasteiger partial charge in [-0.05, 0) is 30.3 Å². The third kappa shape index (κ3) is 3.90. The van der Waals surface area contributed by atoms with Crippen LogP contribution in [0.3, 0.4) is 0 Å². The van der Waals surface area contributed by atoms with Gasteiger partial charge in [-0.15, -0.1) is 0 Å². The quantitative estimate of drug-likeness (QED) is 0.675. The van der Waals surface area contributed by atoms with Gasteiger partial charge in [0.2, 0.25) is 5.75 Å². The molecule has 0 saturated heterocycles. The number of hydrogen-bond acceptors (Lipinski definition) is 6. The molecule has 1 aromatic carbocycles. The molecule has 2 heterocycles. The molecule has 0 bridgehead atoms. The number of pyridine rings is 1. The van der Waals surface area contributed by atoms with E-state index in [0.29, 0.717) is 22.8 Å². The number of aromatic nitrogens is 3. The maximum atomic E-state index is 12.6. The zero-order valence-corrected chi connectivity index (χ0v) is 16.2. The standard InChI is InChI=1S/C20H22N4O4/c1-24-16(13-5-7-21-8-6-13)11-15(23-24)12-22-20(25)14-9-17(26-2)19(28-4)18(10-14)27-3/h5-11H,12H2,1-4H3,(H,22,25). The number of carbonyl (C=O) groups excluding carboxylic acids is 1. The minimum atomic E-state index is -0.268. The number of amides is 1. The monoisotopic (exact) mass is 382 g/mol. The van der Waals surface area contributed by atoms with E-state index < -0.39 is 0 Å². The zero-order valence-electron chi connectivity index (χ0n) is 16.2. The van der Waals surface area contributed by atoms with Gasteiger partial charge in [0.15, 0.2) is 11.5 Å². The number of carbonyl (C=O) groups is 1. The normalized spacial score (nSPS) is 10.4. The van der Waals surface area contributed by atoms with Crippen LogP contribution in [0.25, 0.3) is 11.3 Å². The molecule has 0 aliphatic rings. The van der Waals surface area contributed by atoms with Crippen LogP contribution in [0.1, 0.15) is 16.1 Å². The summed E-state index contributed by atoms with van der Waals surface area (Å²) in [6, 6.07) is 8.98. The Morgan fingerprint density at radius 2 is 1.68 bits per heavy atom. The fraction of sp³-hybridized carbons (Fsp3) is 0.250. The molecule has 28 heavy (non-hydrogen) atoms. The second-order valence-electron chi connectivity index (χ2n) is 5.98. The molecule has 0 atom stereocenters. The van der Waals surface area contributed by atoms with E-state index in [1.54, 1.807) is 29.2 Å². The third-order valence-corrected chi connectivity index (χ3v) is 4.26. The first-order valence-corrected chi connectivity index (χ1v) is 8.59. The summed E-state index contributed by atoms with van der Waals surface area (Å²) in [5.41, 5.74) is 3.10. The number of hydrogen-bond donors (Lipinski definition) is 1. The highest BCUT2D eigenvalue weighted by Gasteiger charge is 2.17. The topological polar surface area (TPSA) is 87.5 Å². The second-order valence-corrected chi connectivity index (χ2v) is 5.98. The molecule has 1 amide bonds. The summed E-state index contributed by atoms with van der Waals surface area (Å²) in [7, 11) is 6.39. The van der Waals surface area contributed by atoms with E-state index in [0.717, 1.165) is 17.0 Å². The Morgan fingerprint density at radius 3 is 2.25 bits per heavy atom. The summed E-state index contributed by atoms with van der Waals surface area (Å²) >= 11 is 0. The van der Waals surface area contributed by atoms with Crippen LogP contribution < -0.4 is 19.5 Å². The Bertz CT molecular complexity index is 945. The van der Waals surface area contributed by atoms with Gasteiger partial charge in [0.25, 0.3) is 5.91 Å². The Balaban J connectivity index is 1.76. The predicted octanol–water partition coefficient (Wildman–Crippen LogP) is 2.44. The molecule has 3 rings (SSSR count). The third-order valence-electron chi connectivity index (χ3n) is 4.26. The number of nitrogens with zero attached hydrogens (tertiary/aromatic N) is 3. The van der Waals surface area contributed by atoms with Crippen LogP contribution in [0.5, 0.6) is 17.2 Å². The molecule has 0 radical (unpaired) electrons. The van der Waals surface area contributed by atoms with Crippen LogP contribution in [0, 0.1) is 0 Å². The van der Waals surface area contributed by atoms with E-state index in [4.69, 9.17) is 14.2 Å². The molecule has 0 aliphatic carbocycles. The summed E-state index contributed by atoms with van der Waals surface area (Å²) in [6.45, 7) is 0.286. The van der Waals surface area contributed by atoms with Crippen molar-refractivity contribution in [2.75, 3.05) is 21.3 Å². The maximum absolute atomic E-state index is 12.6. The molecule has 2 aromatic heterocycles. The second kappa shape index (κ2) is 8.43. The summed E-state index contributed by atoms with van der Waals surface area (Å²) in [5.74, 6) is 1.01. The lowest BCUT2D eigenvalue weighted by Crippen LogP contribution is -2.23. The molecule has 8 nitrogen and oxygen atoms in total. The number of rotatable bonds is 7. The van der Waals surface area contributed by atoms with Gasteiger partial charge >= 0.3 is 0 Å². The van der Waals surface area contributed by atoms with Crippen molar-refractivity contribution in [2.24, 2.45) is 7.05 Å². The Labute approximate surface area is 163 Å². The van der Waals surface area contributed by atoms with Crippen molar-refractivity contribution in [1.82, 2.24) is 20.1 Å². The van der Waals surface area contributed by atoms with E-state index in [2.05, 4.69) is 15.4 Å². The fourth-order valence-electron chi connectivity index (χ4n) is 2.89. The highest BCUT2D eigenvalue weighted by Crippen LogP contribution is 2.38. The van der Waals surface area contributed by atoms with Crippen LogP contribution in [0.4, 0.5) is 0 Å². The molecule has 1 N–H and O–H groups in total. The Kier molecular flexibility index (Phi) is 5.78. The zero-order chi connectivity index (χ0) is 20.1. The van der Waals surface area contributed by atoms with Crippen molar-refractivity contribution in [3.8, 4) is 28.5 Å². The van der Waals surface area contributed by atoms with E-state index in [1.165, 1.54) is 21.3 Å². The molecule has 3 aromatic rings. The van der Waals surface area contributed by atoms with Gasteiger partial charge in [0.05, 0.1) is 39.3 Å². The molecule has 0 spiro atoms. The van der Waals surface area contributed by atoms with Gasteiger partial charge < -0.3 is 19.5 Å². The summed E-state index contributed by atoms with van der Waals surface area (Å²) < 4.78 is 17.6. The van der Waals surface area contributed by atoms with E-state index in [9.17, 15) is 4.79 Å². The van der Waals surface area contributed by atoms with Crippen molar-refractivity contribution in [3.63, 3.8) is 0 Å². The number of nitrogens with one attached hydrogen (secondary N) is 1. The number of benzene rings is 1. The van der Waals surface area contributed by atoms with Crippen molar-refractivity contribution in [1.29, 1.82) is 0 Å². The highest BCUT2D eigenvalue weighted by molar-refractivity contribution is 5.95. The predicted molar refractivity (Wildman–Crippen MR) is 104 cm³/mol. The van der Waals surface area contributed by atoms with Crippen LogP contribution in [0.15, 0.2) is 42.7 Å². The van der Waals surface area contributed by atoms with Gasteiger partial charge in [-0.2, -0.15) is 5.10 Å². The van der Waals surface area contributed by atoms with Gasteiger partial charge in [-0.3, -0.25) is 14.5 Å². The van der Waals surface area contributed by atoms with Crippen molar-refractivity contribution in [3.05, 3.63) is 54.0 Å². The maximum Gasteiger partial charge on any atom is 0.251 e. The average molecular weight is 382 g/mol. The van der Waals surface area contributed by atoms with Crippen molar-refractivity contribution in [2.45, 2.75) is 6.54 Å². The number of methoxy groups -OCH3 is 3. The molecule has 0 aliphatic heterocycles. The number of aryl methyl sites for hydroxylation is 1. The summed E-state index contributed by atoms with van der Waals surface area (Å²) in [5, 5.41) is 7.33. The molecule has 146 valence electrons. The molecule has 0 saturated carbocycles. The van der Waals surface area contributed by atoms with Crippen molar-refractivity contribution < 1.29 is 19.0 Å². The van der Waals surface area contributed by atoms with Crippen molar-refractivity contribution >= 4 is 5.91 Å². The first-order valence-electron chi connectivity index (χ1n) is 8.59. The molecule has 0 unspecified atom stereocenters. The molecule has 0 fully saturated rings. The summed E-state index contributed by atoms with van der Waals surface area (Å²) in [6.07, 6.45) is 3.46. The lowest BCUT2D eigenvalue weighted by atomic mass is 10.1. The van der Waals surface area contributed by atoms with E-state index >= 15 is 0 Å². The Hall–Kier alpha value is -3.55. The average Bonchev–Trinajstić information content (AvgIpc) is 3.11. The van der Waals surface area contributed by atoms with Gasteiger partial charge in [-0.25, -0.2) is 0 Å². The lowest BCUT2D eigenvalue weighted by molar-refractivity contribution is 0.0949. The SMILES string of the molecule is COc1cc(C(=O)NCc2cc(-c3ccncc3)n(C)n2)cc(OC)c1OC. The minimum Gasteiger partial charge on any atom is -0.493 e. The smallest absolute Gasteiger partial charge is 0.251 e. The van der Waals surface area contributed by atoms with Crippen LogP contribution >= 0.6 is 0 Å². The largest absolute Gasteiger partial charge is 0.493 e. The lowest BCUT2D eigenvalue weighted by Gasteiger charge is -2.13. The molecule has 8 heteroatoms. The van der Waals surface area contributed by atoms with Crippen LogP contribution in [0.2, 0.25) is 0 Å². The number of ether oxygens (including phenoxy) is 3. The van der Waals surface area contributed by atoms with Crippen LogP contribution in [-0.4, -0.2) is 42.0 Å². The fourth-order valence-corrected chi connectivity index (χ4v) is 2.89. The molecular weight excluding hydrogens is 360 g/mol. The minimum absolute atomic E-state index is 0.268. The van der Waals surface area contributed by atoms with Crippen LogP contribution in [-0.2, 0) is 13.6 Å². The van der Waals surface area contributed by atoms with Gasteiger partial charge in [0.1, 0.15) is 0 Å². The summed E-state index contributed by atoms with van der Waals surface area (Å²) in [4.78, 5) is 16.6. The Morgan fingerprint density at radius 1 is 1.04 bits per heavy atom.